The van der Waals surface area contributed by atoms with Crippen LogP contribution in [0, 0.1) is 27.7 Å². The van der Waals surface area contributed by atoms with Gasteiger partial charge in [0.1, 0.15) is 16.1 Å². The number of hydrogen-bond acceptors (Lipinski definition) is 0. The minimum atomic E-state index is -1.81. The topological polar surface area (TPSA) is 0 Å². The van der Waals surface area contributed by atoms with E-state index in [2.05, 4.69) is 125 Å². The Hall–Kier alpha value is -2.69. The van der Waals surface area contributed by atoms with Gasteiger partial charge in [-0.1, -0.05) is 140 Å². The van der Waals surface area contributed by atoms with Crippen molar-refractivity contribution in [3.8, 4) is 0 Å². The molecule has 0 N–H and O–H groups in total. The highest BCUT2D eigenvalue weighted by atomic mass is 28.5. The van der Waals surface area contributed by atoms with Gasteiger partial charge < -0.3 is 0 Å². The molecule has 0 amide bonds. The summed E-state index contributed by atoms with van der Waals surface area (Å²) < 4.78 is 0. The summed E-state index contributed by atoms with van der Waals surface area (Å²) in [7, 11) is -3.61. The fourth-order valence-corrected chi connectivity index (χ4v) is 23.9. The molecule has 2 heteroatoms. The average Bonchev–Trinajstić information content (AvgIpc) is 2.77. The van der Waals surface area contributed by atoms with Crippen molar-refractivity contribution in [2.45, 2.75) is 39.0 Å². The first-order valence-electron chi connectivity index (χ1n) is 11.7. The van der Waals surface area contributed by atoms with E-state index in [0.717, 1.165) is 0 Å². The summed E-state index contributed by atoms with van der Waals surface area (Å²) >= 11 is 0. The monoisotopic (exact) mass is 448 g/mol. The second-order valence-electron chi connectivity index (χ2n) is 9.98. The van der Waals surface area contributed by atoms with Gasteiger partial charge in [-0.2, -0.15) is 0 Å². The van der Waals surface area contributed by atoms with Crippen molar-refractivity contribution >= 4 is 36.9 Å². The lowest BCUT2D eigenvalue weighted by Crippen LogP contribution is -2.82. The molecule has 0 bridgehead atoms. The molecule has 32 heavy (non-hydrogen) atoms. The van der Waals surface area contributed by atoms with Crippen LogP contribution in [-0.4, -0.2) is 16.1 Å². The molecule has 1 aliphatic heterocycles. The zero-order valence-electron chi connectivity index (χ0n) is 19.7. The summed E-state index contributed by atoms with van der Waals surface area (Å²) in [6.07, 6.45) is 0. The molecule has 0 atom stereocenters. The molecule has 1 aliphatic rings. The standard InChI is InChI=1S/C30H32Si2/c1-23-5-13-27(14-6-23)31(28-15-7-24(2)8-16-28)21-32(22-31,29-17-9-25(3)10-18-29)30-19-11-26(4)12-20-30/h5-20H,21-22H2,1-4H3. The van der Waals surface area contributed by atoms with Crippen LogP contribution in [0.15, 0.2) is 97.1 Å². The molecule has 0 unspecified atom stereocenters. The van der Waals surface area contributed by atoms with E-state index in [1.54, 1.807) is 20.7 Å². The van der Waals surface area contributed by atoms with Crippen LogP contribution in [0.3, 0.4) is 0 Å². The van der Waals surface area contributed by atoms with Crippen LogP contribution in [0.2, 0.25) is 11.3 Å². The summed E-state index contributed by atoms with van der Waals surface area (Å²) in [6, 6.07) is 38.0. The summed E-state index contributed by atoms with van der Waals surface area (Å²) in [5.74, 6) is 0. The highest BCUT2D eigenvalue weighted by Crippen LogP contribution is 2.40. The second kappa shape index (κ2) is 8.02. The molecule has 0 saturated carbocycles. The maximum absolute atomic E-state index is 2.43. The van der Waals surface area contributed by atoms with Gasteiger partial charge in [0.05, 0.1) is 0 Å². The highest BCUT2D eigenvalue weighted by molar-refractivity contribution is 7.31. The van der Waals surface area contributed by atoms with E-state index < -0.39 is 16.1 Å². The summed E-state index contributed by atoms with van der Waals surface area (Å²) in [6.45, 7) is 8.79. The molecule has 0 aromatic heterocycles. The molecular weight excluding hydrogens is 417 g/mol. The van der Waals surface area contributed by atoms with E-state index in [0.29, 0.717) is 0 Å². The fraction of sp³-hybridized carbons (Fsp3) is 0.200. The van der Waals surface area contributed by atoms with Gasteiger partial charge in [0, 0.05) is 0 Å². The molecule has 1 saturated heterocycles. The third-order valence-electron chi connectivity index (χ3n) is 7.62. The van der Waals surface area contributed by atoms with Gasteiger partial charge in [0.15, 0.2) is 0 Å². The molecule has 1 heterocycles. The highest BCUT2D eigenvalue weighted by Gasteiger charge is 2.60. The Bertz CT molecular complexity index is 1020. The van der Waals surface area contributed by atoms with Gasteiger partial charge in [0.2, 0.25) is 0 Å². The van der Waals surface area contributed by atoms with E-state index in [1.807, 2.05) is 0 Å². The summed E-state index contributed by atoms with van der Waals surface area (Å²) in [5, 5.41) is 6.42. The van der Waals surface area contributed by atoms with Crippen molar-refractivity contribution in [1.29, 1.82) is 0 Å². The molecule has 0 spiro atoms. The molecule has 0 aliphatic carbocycles. The molecule has 0 radical (unpaired) electrons. The Morgan fingerprint density at radius 1 is 0.344 bits per heavy atom. The van der Waals surface area contributed by atoms with Crippen LogP contribution in [0.1, 0.15) is 22.3 Å². The SMILES string of the molecule is Cc1ccc([Si]2(c3ccc(C)cc3)C[Si](c3ccc(C)cc3)(c3ccc(C)cc3)C2)cc1. The Morgan fingerprint density at radius 3 is 0.719 bits per heavy atom. The van der Waals surface area contributed by atoms with E-state index >= 15 is 0 Å². The number of aryl methyl sites for hydroxylation is 4. The molecule has 4 aromatic carbocycles. The van der Waals surface area contributed by atoms with Crippen LogP contribution >= 0.6 is 0 Å². The molecule has 0 nitrogen and oxygen atoms in total. The molecule has 5 rings (SSSR count). The summed E-state index contributed by atoms with van der Waals surface area (Å²) in [4.78, 5) is 0. The maximum Gasteiger partial charge on any atom is 0.114 e. The van der Waals surface area contributed by atoms with Crippen LogP contribution < -0.4 is 20.7 Å². The van der Waals surface area contributed by atoms with E-state index in [-0.39, 0.29) is 0 Å². The first-order valence-corrected chi connectivity index (χ1v) is 16.5. The zero-order valence-corrected chi connectivity index (χ0v) is 21.7. The van der Waals surface area contributed by atoms with Gasteiger partial charge in [-0.15, -0.1) is 0 Å². The van der Waals surface area contributed by atoms with Crippen LogP contribution in [0.4, 0.5) is 0 Å². The Labute approximate surface area is 195 Å². The maximum atomic E-state index is 2.43. The van der Waals surface area contributed by atoms with E-state index in [1.165, 1.54) is 33.6 Å². The van der Waals surface area contributed by atoms with Gasteiger partial charge in [0.25, 0.3) is 0 Å². The lowest BCUT2D eigenvalue weighted by molar-refractivity contribution is 1.39. The number of hydrogen-bond donors (Lipinski definition) is 0. The fourth-order valence-electron chi connectivity index (χ4n) is 5.62. The van der Waals surface area contributed by atoms with Crippen LogP contribution in [-0.2, 0) is 0 Å². The Morgan fingerprint density at radius 2 is 0.531 bits per heavy atom. The predicted octanol–water partition coefficient (Wildman–Crippen LogP) is 4.84. The smallest absolute Gasteiger partial charge is 0.0623 e. The van der Waals surface area contributed by atoms with E-state index in [4.69, 9.17) is 0 Å². The third-order valence-corrected chi connectivity index (χ3v) is 23.0. The van der Waals surface area contributed by atoms with Crippen molar-refractivity contribution in [3.05, 3.63) is 119 Å². The van der Waals surface area contributed by atoms with Crippen LogP contribution in [0.25, 0.3) is 0 Å². The minimum Gasteiger partial charge on any atom is -0.0623 e. The predicted molar refractivity (Wildman–Crippen MR) is 144 cm³/mol. The van der Waals surface area contributed by atoms with Crippen molar-refractivity contribution in [1.82, 2.24) is 0 Å². The normalized spacial score (nSPS) is 16.4. The summed E-state index contributed by atoms with van der Waals surface area (Å²) in [5.41, 5.74) is 8.11. The number of rotatable bonds is 4. The van der Waals surface area contributed by atoms with Crippen molar-refractivity contribution in [2.75, 3.05) is 0 Å². The lowest BCUT2D eigenvalue weighted by atomic mass is 10.2. The Balaban J connectivity index is 1.67. The first-order chi connectivity index (χ1) is 15.4. The van der Waals surface area contributed by atoms with Crippen molar-refractivity contribution < 1.29 is 0 Å². The Kier molecular flexibility index (Phi) is 5.31. The van der Waals surface area contributed by atoms with Gasteiger partial charge in [-0.25, -0.2) is 0 Å². The average molecular weight is 449 g/mol. The third kappa shape index (κ3) is 3.52. The van der Waals surface area contributed by atoms with Gasteiger partial charge in [-0.05, 0) is 39.0 Å². The van der Waals surface area contributed by atoms with Crippen molar-refractivity contribution in [2.24, 2.45) is 0 Å². The van der Waals surface area contributed by atoms with Gasteiger partial charge >= 0.3 is 0 Å². The van der Waals surface area contributed by atoms with Gasteiger partial charge in [-0.3, -0.25) is 0 Å². The van der Waals surface area contributed by atoms with Crippen LogP contribution in [0.5, 0.6) is 0 Å². The second-order valence-corrected chi connectivity index (χ2v) is 19.4. The molecule has 1 fully saturated rings. The molecule has 4 aromatic rings. The minimum absolute atomic E-state index is 1.35. The number of benzene rings is 4. The quantitative estimate of drug-likeness (QED) is 0.392. The molecular formula is C30H32Si2. The zero-order chi connectivity index (χ0) is 22.3. The van der Waals surface area contributed by atoms with E-state index in [9.17, 15) is 0 Å². The largest absolute Gasteiger partial charge is 0.114 e. The molecule has 160 valence electrons. The first kappa shape index (κ1) is 21.2. The lowest BCUT2D eigenvalue weighted by Gasteiger charge is -2.55. The van der Waals surface area contributed by atoms with Crippen molar-refractivity contribution in [3.63, 3.8) is 0 Å².